The first-order valence-corrected chi connectivity index (χ1v) is 7.93. The van der Waals surface area contributed by atoms with E-state index in [9.17, 15) is 9.18 Å². The van der Waals surface area contributed by atoms with Crippen molar-refractivity contribution in [1.82, 2.24) is 0 Å². The Bertz CT molecular complexity index is 766. The van der Waals surface area contributed by atoms with Gasteiger partial charge in [0.15, 0.2) is 0 Å². The Morgan fingerprint density at radius 3 is 2.65 bits per heavy atom. The third-order valence-corrected chi connectivity index (χ3v) is 4.83. The van der Waals surface area contributed by atoms with Crippen LogP contribution in [0.3, 0.4) is 0 Å². The van der Waals surface area contributed by atoms with Gasteiger partial charge in [0.2, 0.25) is 0 Å². The van der Waals surface area contributed by atoms with Crippen LogP contribution in [-0.4, -0.2) is 24.2 Å². The number of aromatic carboxylic acids is 1. The van der Waals surface area contributed by atoms with E-state index in [1.807, 2.05) is 6.07 Å². The molecule has 0 radical (unpaired) electrons. The van der Waals surface area contributed by atoms with Gasteiger partial charge >= 0.3 is 5.97 Å². The van der Waals surface area contributed by atoms with E-state index in [-0.39, 0.29) is 11.5 Å². The van der Waals surface area contributed by atoms with Crippen molar-refractivity contribution in [3.8, 4) is 0 Å². The van der Waals surface area contributed by atoms with Crippen LogP contribution in [0.25, 0.3) is 0 Å². The van der Waals surface area contributed by atoms with Gasteiger partial charge in [0.1, 0.15) is 5.82 Å². The van der Waals surface area contributed by atoms with Gasteiger partial charge in [-0.1, -0.05) is 23.2 Å². The molecule has 0 aromatic heterocycles. The fourth-order valence-corrected chi connectivity index (χ4v) is 3.21. The van der Waals surface area contributed by atoms with Crippen molar-refractivity contribution in [2.45, 2.75) is 12.3 Å². The first-order valence-electron chi connectivity index (χ1n) is 7.18. The Kier molecular flexibility index (Phi) is 4.46. The Hall–Kier alpha value is -1.78. The average molecular weight is 354 g/mol. The molecule has 6 heteroatoms. The van der Waals surface area contributed by atoms with Crippen LogP contribution in [0.5, 0.6) is 0 Å². The first-order chi connectivity index (χ1) is 10.9. The van der Waals surface area contributed by atoms with Gasteiger partial charge in [0, 0.05) is 24.7 Å². The average Bonchev–Trinajstić information content (AvgIpc) is 2.99. The van der Waals surface area contributed by atoms with Gasteiger partial charge in [-0.25, -0.2) is 9.18 Å². The fraction of sp³-hybridized carbons (Fsp3) is 0.235. The van der Waals surface area contributed by atoms with Crippen molar-refractivity contribution in [3.63, 3.8) is 0 Å². The Balaban J connectivity index is 1.82. The Morgan fingerprint density at radius 2 is 1.96 bits per heavy atom. The number of carbonyl (C=O) groups is 1. The van der Waals surface area contributed by atoms with E-state index in [0.29, 0.717) is 22.2 Å². The standard InChI is InChI=1S/C17H14Cl2FNO2/c18-15-2-1-14(8-16(15)19)21-4-3-10(9-21)11-5-12(17(22)23)7-13(20)6-11/h1-2,5-8,10H,3-4,9H2,(H,22,23). The zero-order chi connectivity index (χ0) is 16.6. The van der Waals surface area contributed by atoms with Crippen molar-refractivity contribution in [1.29, 1.82) is 0 Å². The molecule has 0 amide bonds. The van der Waals surface area contributed by atoms with Crippen LogP contribution in [0.1, 0.15) is 28.3 Å². The second-order valence-electron chi connectivity index (χ2n) is 5.61. The number of nitrogens with zero attached hydrogens (tertiary/aromatic N) is 1. The van der Waals surface area contributed by atoms with Gasteiger partial charge in [-0.05, 0) is 48.4 Å². The molecule has 1 unspecified atom stereocenters. The second-order valence-corrected chi connectivity index (χ2v) is 6.42. The van der Waals surface area contributed by atoms with Crippen LogP contribution < -0.4 is 4.90 Å². The molecule has 0 spiro atoms. The van der Waals surface area contributed by atoms with Crippen molar-refractivity contribution in [2.75, 3.05) is 18.0 Å². The lowest BCUT2D eigenvalue weighted by molar-refractivity contribution is 0.0696. The molecule has 2 aromatic carbocycles. The van der Waals surface area contributed by atoms with Gasteiger partial charge in [-0.3, -0.25) is 0 Å². The van der Waals surface area contributed by atoms with Crippen LogP contribution >= 0.6 is 23.2 Å². The molecule has 1 fully saturated rings. The van der Waals surface area contributed by atoms with E-state index in [1.165, 1.54) is 6.07 Å². The maximum Gasteiger partial charge on any atom is 0.335 e. The van der Waals surface area contributed by atoms with Crippen molar-refractivity contribution < 1.29 is 14.3 Å². The van der Waals surface area contributed by atoms with Gasteiger partial charge in [0.05, 0.1) is 15.6 Å². The molecule has 1 N–H and O–H groups in total. The number of carboxylic acid groups (broad SMARTS) is 1. The number of anilines is 1. The number of hydrogen-bond acceptors (Lipinski definition) is 2. The van der Waals surface area contributed by atoms with Crippen LogP contribution in [0.15, 0.2) is 36.4 Å². The molecule has 0 bridgehead atoms. The number of benzene rings is 2. The van der Waals surface area contributed by atoms with Crippen molar-refractivity contribution in [2.24, 2.45) is 0 Å². The predicted molar refractivity (Wildman–Crippen MR) is 89.4 cm³/mol. The number of rotatable bonds is 3. The van der Waals surface area contributed by atoms with Crippen molar-refractivity contribution in [3.05, 3.63) is 63.4 Å². The third-order valence-electron chi connectivity index (χ3n) is 4.10. The maximum absolute atomic E-state index is 13.6. The lowest BCUT2D eigenvalue weighted by Gasteiger charge is -2.19. The van der Waals surface area contributed by atoms with Crippen LogP contribution in [0.2, 0.25) is 10.0 Å². The van der Waals surface area contributed by atoms with Gasteiger partial charge < -0.3 is 10.0 Å². The molecule has 3 nitrogen and oxygen atoms in total. The molecule has 3 rings (SSSR count). The monoisotopic (exact) mass is 353 g/mol. The number of hydrogen-bond donors (Lipinski definition) is 1. The number of halogens is 3. The maximum atomic E-state index is 13.6. The van der Waals surface area contributed by atoms with E-state index < -0.39 is 11.8 Å². The Morgan fingerprint density at radius 1 is 1.17 bits per heavy atom. The highest BCUT2D eigenvalue weighted by Gasteiger charge is 2.25. The topological polar surface area (TPSA) is 40.5 Å². The van der Waals surface area contributed by atoms with Crippen LogP contribution in [0, 0.1) is 5.82 Å². The molecule has 0 saturated carbocycles. The lowest BCUT2D eigenvalue weighted by Crippen LogP contribution is -2.19. The molecule has 1 aliphatic rings. The first kappa shape index (κ1) is 16.1. The highest BCUT2D eigenvalue weighted by molar-refractivity contribution is 6.42. The predicted octanol–water partition coefficient (Wildman–Crippen LogP) is 4.82. The van der Waals surface area contributed by atoms with E-state index in [0.717, 1.165) is 24.7 Å². The summed E-state index contributed by atoms with van der Waals surface area (Å²) in [6.07, 6.45) is 0.822. The quantitative estimate of drug-likeness (QED) is 0.859. The molecule has 23 heavy (non-hydrogen) atoms. The molecule has 1 heterocycles. The summed E-state index contributed by atoms with van der Waals surface area (Å²) >= 11 is 12.0. The summed E-state index contributed by atoms with van der Waals surface area (Å²) in [5.74, 6) is -1.56. The van der Waals surface area contributed by atoms with Crippen molar-refractivity contribution >= 4 is 34.9 Å². The zero-order valence-electron chi connectivity index (χ0n) is 12.1. The summed E-state index contributed by atoms with van der Waals surface area (Å²) in [5, 5.41) is 10.1. The van der Waals surface area contributed by atoms with E-state index in [4.69, 9.17) is 28.3 Å². The van der Waals surface area contributed by atoms with E-state index in [2.05, 4.69) is 4.90 Å². The summed E-state index contributed by atoms with van der Waals surface area (Å²) < 4.78 is 13.6. The lowest BCUT2D eigenvalue weighted by atomic mass is 9.96. The number of carboxylic acids is 1. The van der Waals surface area contributed by atoms with Crippen LogP contribution in [-0.2, 0) is 0 Å². The van der Waals surface area contributed by atoms with Gasteiger partial charge in [0.25, 0.3) is 0 Å². The second kappa shape index (κ2) is 6.38. The van der Waals surface area contributed by atoms with Crippen LogP contribution in [0.4, 0.5) is 10.1 Å². The zero-order valence-corrected chi connectivity index (χ0v) is 13.6. The fourth-order valence-electron chi connectivity index (χ4n) is 2.92. The summed E-state index contributed by atoms with van der Waals surface area (Å²) in [6.45, 7) is 1.47. The molecular formula is C17H14Cl2FNO2. The molecule has 120 valence electrons. The summed E-state index contributed by atoms with van der Waals surface area (Å²) in [5.41, 5.74) is 1.65. The largest absolute Gasteiger partial charge is 0.478 e. The minimum Gasteiger partial charge on any atom is -0.478 e. The van der Waals surface area contributed by atoms with E-state index >= 15 is 0 Å². The van der Waals surface area contributed by atoms with Gasteiger partial charge in [-0.15, -0.1) is 0 Å². The molecule has 1 aliphatic heterocycles. The summed E-state index contributed by atoms with van der Waals surface area (Å²) in [4.78, 5) is 13.2. The molecule has 2 aromatic rings. The third kappa shape index (κ3) is 3.43. The normalized spacial score (nSPS) is 17.5. The SMILES string of the molecule is O=C(O)c1cc(F)cc(C2CCN(c3ccc(Cl)c(Cl)c3)C2)c1. The van der Waals surface area contributed by atoms with E-state index in [1.54, 1.807) is 18.2 Å². The summed E-state index contributed by atoms with van der Waals surface area (Å²) in [7, 11) is 0. The summed E-state index contributed by atoms with van der Waals surface area (Å²) in [6, 6.07) is 9.45. The highest BCUT2D eigenvalue weighted by Crippen LogP contribution is 2.34. The molecule has 1 atom stereocenters. The molecule has 1 saturated heterocycles. The highest BCUT2D eigenvalue weighted by atomic mass is 35.5. The molecular weight excluding hydrogens is 340 g/mol. The molecule has 0 aliphatic carbocycles. The smallest absolute Gasteiger partial charge is 0.335 e. The van der Waals surface area contributed by atoms with Gasteiger partial charge in [-0.2, -0.15) is 0 Å². The Labute approximate surface area is 143 Å². The minimum absolute atomic E-state index is 0.0204. The minimum atomic E-state index is -1.12.